The number of ether oxygens (including phenoxy) is 1. The number of nitrogens with one attached hydrogen (secondary N) is 1. The van der Waals surface area contributed by atoms with Gasteiger partial charge in [0, 0.05) is 12.8 Å². The van der Waals surface area contributed by atoms with Crippen molar-refractivity contribution in [3.05, 3.63) is 24.3 Å². The molecule has 6 heteroatoms. The molecule has 330 valence electrons. The average Bonchev–Trinajstić information content (AvgIpc) is 3.20. The van der Waals surface area contributed by atoms with Gasteiger partial charge in [0.1, 0.15) is 0 Å². The zero-order valence-electron chi connectivity index (χ0n) is 37.4. The first-order valence-electron chi connectivity index (χ1n) is 24.6. The van der Waals surface area contributed by atoms with Gasteiger partial charge in [-0.2, -0.15) is 0 Å². The second-order valence-corrected chi connectivity index (χ2v) is 16.8. The Kier molecular flexibility index (Phi) is 44.7. The van der Waals surface area contributed by atoms with Crippen LogP contribution in [-0.2, 0) is 14.3 Å². The summed E-state index contributed by atoms with van der Waals surface area (Å²) < 4.78 is 5.44. The van der Waals surface area contributed by atoms with E-state index in [0.717, 1.165) is 70.6 Å². The predicted molar refractivity (Wildman–Crippen MR) is 241 cm³/mol. The zero-order valence-corrected chi connectivity index (χ0v) is 37.4. The van der Waals surface area contributed by atoms with Gasteiger partial charge in [0.15, 0.2) is 0 Å². The van der Waals surface area contributed by atoms with Gasteiger partial charge < -0.3 is 20.3 Å². The number of amides is 1. The van der Waals surface area contributed by atoms with Crippen LogP contribution in [0.4, 0.5) is 0 Å². The van der Waals surface area contributed by atoms with Gasteiger partial charge in [0.05, 0.1) is 25.4 Å². The van der Waals surface area contributed by atoms with E-state index in [1.165, 1.54) is 154 Å². The molecule has 2 atom stereocenters. The van der Waals surface area contributed by atoms with Gasteiger partial charge >= 0.3 is 5.97 Å². The van der Waals surface area contributed by atoms with Crippen LogP contribution in [0.15, 0.2) is 24.3 Å². The van der Waals surface area contributed by atoms with Crippen LogP contribution in [0.25, 0.3) is 0 Å². The molecule has 0 spiro atoms. The van der Waals surface area contributed by atoms with Crippen LogP contribution < -0.4 is 5.32 Å². The highest BCUT2D eigenvalue weighted by atomic mass is 16.5. The number of unbranched alkanes of at least 4 members (excludes halogenated alkanes) is 30. The fourth-order valence-electron chi connectivity index (χ4n) is 7.39. The van der Waals surface area contributed by atoms with Gasteiger partial charge in [-0.3, -0.25) is 9.59 Å². The Balaban J connectivity index is 3.51. The molecule has 0 aromatic carbocycles. The van der Waals surface area contributed by atoms with E-state index in [2.05, 4.69) is 43.5 Å². The highest BCUT2D eigenvalue weighted by Crippen LogP contribution is 2.15. The van der Waals surface area contributed by atoms with E-state index < -0.39 is 12.1 Å². The van der Waals surface area contributed by atoms with Crippen LogP contribution in [0, 0.1) is 0 Å². The first-order chi connectivity index (χ1) is 27.5. The van der Waals surface area contributed by atoms with E-state index in [1.54, 1.807) is 0 Å². The minimum atomic E-state index is -0.680. The Morgan fingerprint density at radius 2 is 0.839 bits per heavy atom. The second-order valence-electron chi connectivity index (χ2n) is 16.8. The molecule has 0 fully saturated rings. The van der Waals surface area contributed by atoms with Crippen molar-refractivity contribution in [3.63, 3.8) is 0 Å². The van der Waals surface area contributed by atoms with Crippen LogP contribution in [0.3, 0.4) is 0 Å². The van der Waals surface area contributed by atoms with Gasteiger partial charge in [0.2, 0.25) is 5.91 Å². The number of allylic oxidation sites excluding steroid dienone is 4. The molecule has 0 aliphatic rings. The molecule has 3 N–H and O–H groups in total. The highest BCUT2D eigenvalue weighted by Gasteiger charge is 2.20. The third-order valence-electron chi connectivity index (χ3n) is 11.2. The van der Waals surface area contributed by atoms with Gasteiger partial charge in [0.25, 0.3) is 0 Å². The fraction of sp³-hybridized carbons (Fsp3) is 0.880. The molecule has 56 heavy (non-hydrogen) atoms. The summed E-state index contributed by atoms with van der Waals surface area (Å²) in [6.45, 7) is 4.88. The minimum absolute atomic E-state index is 0.0223. The van der Waals surface area contributed by atoms with Crippen molar-refractivity contribution in [1.82, 2.24) is 5.32 Å². The minimum Gasteiger partial charge on any atom is -0.466 e. The first kappa shape index (κ1) is 54.3. The molecule has 6 nitrogen and oxygen atoms in total. The van der Waals surface area contributed by atoms with Crippen molar-refractivity contribution in [2.75, 3.05) is 13.2 Å². The predicted octanol–water partition coefficient (Wildman–Crippen LogP) is 14.3. The van der Waals surface area contributed by atoms with Crippen molar-refractivity contribution in [1.29, 1.82) is 0 Å². The molecule has 0 aromatic rings. The number of hydrogen-bond acceptors (Lipinski definition) is 5. The zero-order chi connectivity index (χ0) is 40.8. The third kappa shape index (κ3) is 42.0. The SMILES string of the molecule is CCCCCC/C=C\CCCCCCCC(=O)OCCCCCCCC/C=C\CCCCCC(=O)NC(CO)C(O)CCCCCCCCCCCCCCC. The summed E-state index contributed by atoms with van der Waals surface area (Å²) in [5, 5.41) is 23.1. The molecule has 0 aliphatic carbocycles. The van der Waals surface area contributed by atoms with Gasteiger partial charge in [-0.05, 0) is 77.0 Å². The van der Waals surface area contributed by atoms with E-state index in [9.17, 15) is 19.8 Å². The summed E-state index contributed by atoms with van der Waals surface area (Å²) in [5.74, 6) is -0.0883. The molecule has 0 rings (SSSR count). The maximum absolute atomic E-state index is 12.4. The van der Waals surface area contributed by atoms with Crippen molar-refractivity contribution in [2.45, 2.75) is 270 Å². The topological polar surface area (TPSA) is 95.9 Å². The van der Waals surface area contributed by atoms with Crippen LogP contribution in [0.5, 0.6) is 0 Å². The maximum Gasteiger partial charge on any atom is 0.305 e. The second kappa shape index (κ2) is 46.0. The lowest BCUT2D eigenvalue weighted by Gasteiger charge is -2.22. The standard InChI is InChI=1S/C50H95NO5/c1-3-5-7-9-11-13-15-18-22-26-30-34-38-42-48(53)47(46-52)51-49(54)43-39-35-31-27-23-20-17-21-25-29-33-37-41-45-56-50(55)44-40-36-32-28-24-19-16-14-12-10-8-6-4-2/h14,16,20,23,47-48,52-53H,3-13,15,17-19,21-22,24-46H2,1-2H3,(H,51,54)/b16-14-,23-20-. The van der Waals surface area contributed by atoms with Crippen molar-refractivity contribution in [3.8, 4) is 0 Å². The van der Waals surface area contributed by atoms with E-state index in [1.807, 2.05) is 0 Å². The summed E-state index contributed by atoms with van der Waals surface area (Å²) in [7, 11) is 0. The highest BCUT2D eigenvalue weighted by molar-refractivity contribution is 5.76. The fourth-order valence-corrected chi connectivity index (χ4v) is 7.39. The molecule has 0 aromatic heterocycles. The molecule has 1 amide bonds. The van der Waals surface area contributed by atoms with Crippen LogP contribution in [0.2, 0.25) is 0 Å². The Bertz CT molecular complexity index is 874. The third-order valence-corrected chi connectivity index (χ3v) is 11.2. The van der Waals surface area contributed by atoms with E-state index in [-0.39, 0.29) is 18.5 Å². The number of hydrogen-bond donors (Lipinski definition) is 3. The van der Waals surface area contributed by atoms with Gasteiger partial charge in [-0.25, -0.2) is 0 Å². The lowest BCUT2D eigenvalue weighted by molar-refractivity contribution is -0.143. The summed E-state index contributed by atoms with van der Waals surface area (Å²) >= 11 is 0. The summed E-state index contributed by atoms with van der Waals surface area (Å²) in [6.07, 6.45) is 52.8. The van der Waals surface area contributed by atoms with Gasteiger partial charge in [-0.15, -0.1) is 0 Å². The molecular weight excluding hydrogens is 695 g/mol. The molecule has 0 radical (unpaired) electrons. The molecule has 0 aliphatic heterocycles. The molecule has 0 saturated heterocycles. The summed E-state index contributed by atoms with van der Waals surface area (Å²) in [5.41, 5.74) is 0. The number of rotatable bonds is 45. The molecule has 0 bridgehead atoms. The quantitative estimate of drug-likeness (QED) is 0.0324. The van der Waals surface area contributed by atoms with Crippen molar-refractivity contribution in [2.24, 2.45) is 0 Å². The van der Waals surface area contributed by atoms with Crippen molar-refractivity contribution < 1.29 is 24.5 Å². The van der Waals surface area contributed by atoms with Crippen LogP contribution >= 0.6 is 0 Å². The molecule has 0 saturated carbocycles. The maximum atomic E-state index is 12.4. The van der Waals surface area contributed by atoms with Crippen LogP contribution in [0.1, 0.15) is 258 Å². The Hall–Kier alpha value is -1.66. The van der Waals surface area contributed by atoms with E-state index >= 15 is 0 Å². The largest absolute Gasteiger partial charge is 0.466 e. The smallest absolute Gasteiger partial charge is 0.305 e. The summed E-state index contributed by atoms with van der Waals surface area (Å²) in [4.78, 5) is 24.4. The molecule has 2 unspecified atom stereocenters. The Morgan fingerprint density at radius 1 is 0.482 bits per heavy atom. The number of esters is 1. The van der Waals surface area contributed by atoms with Gasteiger partial charge in [-0.1, -0.05) is 192 Å². The van der Waals surface area contributed by atoms with E-state index in [0.29, 0.717) is 25.9 Å². The number of aliphatic hydroxyl groups is 2. The normalized spacial score (nSPS) is 12.9. The monoisotopic (exact) mass is 790 g/mol. The first-order valence-corrected chi connectivity index (χ1v) is 24.6. The number of carbonyl (C=O) groups excluding carboxylic acids is 2. The van der Waals surface area contributed by atoms with Crippen molar-refractivity contribution >= 4 is 11.9 Å². The number of aliphatic hydroxyl groups excluding tert-OH is 2. The lowest BCUT2D eigenvalue weighted by atomic mass is 10.0. The van der Waals surface area contributed by atoms with Crippen LogP contribution in [-0.4, -0.2) is 47.4 Å². The Labute approximate surface area is 348 Å². The Morgan fingerprint density at radius 3 is 1.30 bits per heavy atom. The van der Waals surface area contributed by atoms with E-state index in [4.69, 9.17) is 4.74 Å². The average molecular weight is 790 g/mol. The number of carbonyl (C=O) groups is 2. The molecule has 0 heterocycles. The lowest BCUT2D eigenvalue weighted by Crippen LogP contribution is -2.45. The summed E-state index contributed by atoms with van der Waals surface area (Å²) in [6, 6.07) is -0.561. The molecular formula is C50H95NO5.